The van der Waals surface area contributed by atoms with Gasteiger partial charge < -0.3 is 24.7 Å². The summed E-state index contributed by atoms with van der Waals surface area (Å²) < 4.78 is 0. The standard InChI is InChI=1S/C21H34N6O2/c1-15-16(2)22-19(25-9-5-6-10-25)23-18(15)26-11-7-21(29)8-12-27(14-17(21)13-26)20(28)24(3)4/h17,29H,5-14H2,1-4H3/t17-,21-/m1/s1. The van der Waals surface area contributed by atoms with Crippen molar-refractivity contribution < 1.29 is 9.90 Å². The van der Waals surface area contributed by atoms with Gasteiger partial charge in [0.25, 0.3) is 0 Å². The Kier molecular flexibility index (Phi) is 5.31. The molecule has 4 heterocycles. The van der Waals surface area contributed by atoms with Gasteiger partial charge in [-0.2, -0.15) is 4.98 Å². The van der Waals surface area contributed by atoms with E-state index in [-0.39, 0.29) is 11.9 Å². The first-order valence-electron chi connectivity index (χ1n) is 10.8. The number of aryl methyl sites for hydroxylation is 1. The van der Waals surface area contributed by atoms with Crippen LogP contribution >= 0.6 is 0 Å². The summed E-state index contributed by atoms with van der Waals surface area (Å²) in [7, 11) is 3.56. The molecule has 3 saturated heterocycles. The molecular formula is C21H34N6O2. The van der Waals surface area contributed by atoms with Crippen LogP contribution in [0.2, 0.25) is 0 Å². The number of hydrogen-bond donors (Lipinski definition) is 1. The molecule has 1 N–H and O–H groups in total. The van der Waals surface area contributed by atoms with Gasteiger partial charge in [0.05, 0.1) is 5.60 Å². The first-order valence-corrected chi connectivity index (χ1v) is 10.8. The topological polar surface area (TPSA) is 76.0 Å². The van der Waals surface area contributed by atoms with Crippen molar-refractivity contribution in [2.75, 3.05) is 63.2 Å². The Labute approximate surface area is 173 Å². The van der Waals surface area contributed by atoms with Crippen LogP contribution < -0.4 is 9.80 Å². The maximum absolute atomic E-state index is 12.4. The van der Waals surface area contributed by atoms with Crippen molar-refractivity contribution in [1.82, 2.24) is 19.8 Å². The SMILES string of the molecule is Cc1nc(N2CCCC2)nc(N2CC[C@@]3(O)CCN(C(=O)N(C)C)C[C@H]3C2)c1C. The summed E-state index contributed by atoms with van der Waals surface area (Å²) in [5.41, 5.74) is 1.44. The Morgan fingerprint density at radius 2 is 1.72 bits per heavy atom. The number of piperidine rings is 2. The van der Waals surface area contributed by atoms with E-state index >= 15 is 0 Å². The summed E-state index contributed by atoms with van der Waals surface area (Å²) >= 11 is 0. The lowest BCUT2D eigenvalue weighted by Gasteiger charge is -2.50. The van der Waals surface area contributed by atoms with Crippen molar-refractivity contribution in [1.29, 1.82) is 0 Å². The zero-order chi connectivity index (χ0) is 20.8. The van der Waals surface area contributed by atoms with Gasteiger partial charge in [-0.05, 0) is 39.5 Å². The number of aromatic nitrogens is 2. The molecular weight excluding hydrogens is 368 g/mol. The Morgan fingerprint density at radius 1 is 1.03 bits per heavy atom. The number of urea groups is 1. The van der Waals surface area contributed by atoms with Crippen LogP contribution in [0.15, 0.2) is 0 Å². The van der Waals surface area contributed by atoms with Crippen LogP contribution in [-0.2, 0) is 0 Å². The summed E-state index contributed by atoms with van der Waals surface area (Å²) in [6.07, 6.45) is 3.75. The van der Waals surface area contributed by atoms with Gasteiger partial charge in [0.1, 0.15) is 5.82 Å². The minimum Gasteiger partial charge on any atom is -0.389 e. The predicted molar refractivity (Wildman–Crippen MR) is 113 cm³/mol. The van der Waals surface area contributed by atoms with Gasteiger partial charge in [-0.1, -0.05) is 0 Å². The van der Waals surface area contributed by atoms with E-state index < -0.39 is 5.60 Å². The molecule has 0 spiro atoms. The van der Waals surface area contributed by atoms with E-state index in [4.69, 9.17) is 9.97 Å². The second-order valence-electron chi connectivity index (χ2n) is 9.12. The molecule has 3 aliphatic rings. The maximum Gasteiger partial charge on any atom is 0.319 e. The van der Waals surface area contributed by atoms with E-state index in [0.717, 1.165) is 42.7 Å². The predicted octanol–water partition coefficient (Wildman–Crippen LogP) is 1.64. The molecule has 29 heavy (non-hydrogen) atoms. The molecule has 0 aromatic carbocycles. The van der Waals surface area contributed by atoms with Crippen LogP contribution in [-0.4, -0.2) is 89.9 Å². The Bertz CT molecular complexity index is 779. The highest BCUT2D eigenvalue weighted by Gasteiger charge is 2.46. The second-order valence-corrected chi connectivity index (χ2v) is 9.12. The third-order valence-electron chi connectivity index (χ3n) is 6.96. The normalized spacial score (nSPS) is 27.2. The summed E-state index contributed by atoms with van der Waals surface area (Å²) in [5, 5.41) is 11.2. The van der Waals surface area contributed by atoms with E-state index in [2.05, 4.69) is 23.6 Å². The van der Waals surface area contributed by atoms with Crippen molar-refractivity contribution in [3.05, 3.63) is 11.3 Å². The lowest BCUT2D eigenvalue weighted by molar-refractivity contribution is -0.0761. The monoisotopic (exact) mass is 402 g/mol. The van der Waals surface area contributed by atoms with Crippen molar-refractivity contribution in [3.63, 3.8) is 0 Å². The number of amides is 2. The molecule has 2 atom stereocenters. The highest BCUT2D eigenvalue weighted by molar-refractivity contribution is 5.74. The number of rotatable bonds is 2. The minimum atomic E-state index is -0.687. The number of anilines is 2. The van der Waals surface area contributed by atoms with Gasteiger partial charge in [-0.25, -0.2) is 9.78 Å². The zero-order valence-electron chi connectivity index (χ0n) is 18.2. The maximum atomic E-state index is 12.4. The molecule has 0 aliphatic carbocycles. The van der Waals surface area contributed by atoms with Crippen LogP contribution in [0.1, 0.15) is 36.9 Å². The molecule has 0 saturated carbocycles. The summed E-state index contributed by atoms with van der Waals surface area (Å²) in [6.45, 7) is 8.88. The van der Waals surface area contributed by atoms with Gasteiger partial charge in [0.2, 0.25) is 5.95 Å². The highest BCUT2D eigenvalue weighted by atomic mass is 16.3. The quantitative estimate of drug-likeness (QED) is 0.811. The molecule has 8 nitrogen and oxygen atoms in total. The van der Waals surface area contributed by atoms with Gasteiger partial charge in [0.15, 0.2) is 0 Å². The first-order chi connectivity index (χ1) is 13.8. The third-order valence-corrected chi connectivity index (χ3v) is 6.96. The van der Waals surface area contributed by atoms with Gasteiger partial charge in [-0.15, -0.1) is 0 Å². The number of carbonyl (C=O) groups excluding carboxylic acids is 1. The molecule has 160 valence electrons. The fourth-order valence-corrected chi connectivity index (χ4v) is 4.92. The number of hydrogen-bond acceptors (Lipinski definition) is 6. The second kappa shape index (κ2) is 7.63. The van der Waals surface area contributed by atoms with Crippen molar-refractivity contribution in [2.45, 2.75) is 45.1 Å². The lowest BCUT2D eigenvalue weighted by atomic mass is 9.75. The van der Waals surface area contributed by atoms with E-state index in [9.17, 15) is 9.90 Å². The Balaban J connectivity index is 1.57. The van der Waals surface area contributed by atoms with E-state index in [0.29, 0.717) is 32.5 Å². The average molecular weight is 403 g/mol. The fourth-order valence-electron chi connectivity index (χ4n) is 4.92. The Hall–Kier alpha value is -2.09. The minimum absolute atomic E-state index is 0.0227. The first kappa shape index (κ1) is 20.2. The molecule has 3 aliphatic heterocycles. The van der Waals surface area contributed by atoms with Crippen LogP contribution in [0.25, 0.3) is 0 Å². The molecule has 4 rings (SSSR count). The van der Waals surface area contributed by atoms with E-state index in [1.54, 1.807) is 19.0 Å². The van der Waals surface area contributed by atoms with Crippen molar-refractivity contribution in [2.24, 2.45) is 5.92 Å². The van der Waals surface area contributed by atoms with Crippen LogP contribution in [0.3, 0.4) is 0 Å². The molecule has 0 unspecified atom stereocenters. The van der Waals surface area contributed by atoms with Gasteiger partial charge >= 0.3 is 6.03 Å². The highest BCUT2D eigenvalue weighted by Crippen LogP contribution is 2.38. The number of likely N-dealkylation sites (tertiary alicyclic amines) is 1. The molecule has 0 bridgehead atoms. The van der Waals surface area contributed by atoms with Gasteiger partial charge in [-0.3, -0.25) is 0 Å². The fraction of sp³-hybridized carbons (Fsp3) is 0.762. The molecule has 2 amide bonds. The summed E-state index contributed by atoms with van der Waals surface area (Å²) in [5.74, 6) is 1.84. The summed E-state index contributed by atoms with van der Waals surface area (Å²) in [6, 6.07) is 0.0227. The average Bonchev–Trinajstić information content (AvgIpc) is 3.23. The number of fused-ring (bicyclic) bond motifs is 1. The van der Waals surface area contributed by atoms with Crippen molar-refractivity contribution >= 4 is 17.8 Å². The third kappa shape index (κ3) is 3.74. The largest absolute Gasteiger partial charge is 0.389 e. The molecule has 1 aromatic heterocycles. The molecule has 1 aromatic rings. The van der Waals surface area contributed by atoms with Crippen LogP contribution in [0, 0.1) is 19.8 Å². The summed E-state index contributed by atoms with van der Waals surface area (Å²) in [4.78, 5) is 30.2. The van der Waals surface area contributed by atoms with E-state index in [1.807, 2.05) is 4.90 Å². The smallest absolute Gasteiger partial charge is 0.319 e. The Morgan fingerprint density at radius 3 is 2.41 bits per heavy atom. The van der Waals surface area contributed by atoms with E-state index in [1.165, 1.54) is 12.8 Å². The van der Waals surface area contributed by atoms with Gasteiger partial charge in [0, 0.05) is 70.5 Å². The lowest BCUT2D eigenvalue weighted by Crippen LogP contribution is -2.61. The molecule has 8 heteroatoms. The van der Waals surface area contributed by atoms with Crippen LogP contribution in [0.5, 0.6) is 0 Å². The van der Waals surface area contributed by atoms with Crippen LogP contribution in [0.4, 0.5) is 16.6 Å². The number of carbonyl (C=O) groups is 1. The number of aliphatic hydroxyl groups is 1. The molecule has 3 fully saturated rings. The molecule has 0 radical (unpaired) electrons. The zero-order valence-corrected chi connectivity index (χ0v) is 18.2. The number of nitrogens with zero attached hydrogens (tertiary/aromatic N) is 6. The van der Waals surface area contributed by atoms with Crippen molar-refractivity contribution in [3.8, 4) is 0 Å².